The van der Waals surface area contributed by atoms with Gasteiger partial charge in [-0.1, -0.05) is 25.3 Å². The van der Waals surface area contributed by atoms with Crippen molar-refractivity contribution >= 4 is 33.7 Å². The van der Waals surface area contributed by atoms with Gasteiger partial charge in [0.1, 0.15) is 12.3 Å². The Hall–Kier alpha value is -3.61. The van der Waals surface area contributed by atoms with Crippen molar-refractivity contribution in [1.82, 2.24) is 10.7 Å². The second-order valence-corrected chi connectivity index (χ2v) is 10.8. The number of hydrogen-bond donors (Lipinski definition) is 2. The fourth-order valence-electron chi connectivity index (χ4n) is 3.90. The average molecular weight is 555 g/mol. The highest BCUT2D eigenvalue weighted by Gasteiger charge is 2.32. The van der Waals surface area contributed by atoms with Crippen LogP contribution >= 0.6 is 0 Å². The van der Waals surface area contributed by atoms with Crippen LogP contribution in [0.1, 0.15) is 43.2 Å². The molecule has 206 valence electrons. The lowest BCUT2D eigenvalue weighted by atomic mass is 9.95. The maximum absolute atomic E-state index is 13.0. The number of alkyl halides is 3. The number of carbonyl (C=O) groups excluding carboxylic acids is 2. The summed E-state index contributed by atoms with van der Waals surface area (Å²) in [6.07, 6.45) is 2.79. The molecule has 0 unspecified atom stereocenters. The Morgan fingerprint density at radius 3 is 2.39 bits per heavy atom. The number of amides is 2. The molecule has 0 radical (unpaired) electrons. The Bertz CT molecular complexity index is 1240. The molecule has 3 rings (SSSR count). The van der Waals surface area contributed by atoms with Crippen LogP contribution < -0.4 is 19.8 Å². The second-order valence-electron chi connectivity index (χ2n) is 8.87. The van der Waals surface area contributed by atoms with E-state index in [0.29, 0.717) is 21.7 Å². The van der Waals surface area contributed by atoms with E-state index in [9.17, 15) is 31.2 Å². The van der Waals surface area contributed by atoms with E-state index in [1.807, 2.05) is 0 Å². The van der Waals surface area contributed by atoms with Crippen molar-refractivity contribution in [3.63, 3.8) is 0 Å². The number of hydrazone groups is 1. The number of halogens is 3. The van der Waals surface area contributed by atoms with E-state index in [-0.39, 0.29) is 24.2 Å². The predicted octanol–water partition coefficient (Wildman–Crippen LogP) is 3.45. The van der Waals surface area contributed by atoms with E-state index in [1.165, 1.54) is 12.6 Å². The van der Waals surface area contributed by atoms with Gasteiger partial charge in [-0.3, -0.25) is 13.9 Å². The maximum atomic E-state index is 13.0. The van der Waals surface area contributed by atoms with Crippen LogP contribution in [0.3, 0.4) is 0 Å². The van der Waals surface area contributed by atoms with Gasteiger partial charge < -0.3 is 10.1 Å². The molecule has 2 N–H and O–H groups in total. The number of anilines is 1. The van der Waals surface area contributed by atoms with Crippen molar-refractivity contribution in [2.24, 2.45) is 5.10 Å². The minimum Gasteiger partial charge on any atom is -0.484 e. The van der Waals surface area contributed by atoms with E-state index in [4.69, 9.17) is 4.74 Å². The summed E-state index contributed by atoms with van der Waals surface area (Å²) in [6.45, 7) is -0.879. The van der Waals surface area contributed by atoms with Gasteiger partial charge in [-0.25, -0.2) is 13.8 Å². The molecule has 13 heteroatoms. The molecule has 1 aliphatic carbocycles. The van der Waals surface area contributed by atoms with E-state index >= 15 is 0 Å². The third-order valence-electron chi connectivity index (χ3n) is 5.77. The lowest BCUT2D eigenvalue weighted by Gasteiger charge is -2.22. The molecule has 9 nitrogen and oxygen atoms in total. The Morgan fingerprint density at radius 1 is 1.08 bits per heavy atom. The van der Waals surface area contributed by atoms with Crippen LogP contribution in [0.4, 0.5) is 18.9 Å². The average Bonchev–Trinajstić information content (AvgIpc) is 2.86. The molecule has 2 aromatic carbocycles. The van der Waals surface area contributed by atoms with Gasteiger partial charge in [-0.2, -0.15) is 18.3 Å². The summed E-state index contributed by atoms with van der Waals surface area (Å²) in [7, 11) is -4.07. The minimum absolute atomic E-state index is 0.108. The fourth-order valence-corrected chi connectivity index (χ4v) is 4.75. The number of nitrogens with one attached hydrogen (secondary N) is 2. The van der Waals surface area contributed by atoms with Crippen molar-refractivity contribution in [2.45, 2.75) is 44.3 Å². The summed E-state index contributed by atoms with van der Waals surface area (Å²) in [4.78, 5) is 24.3. The molecule has 0 spiro atoms. The van der Waals surface area contributed by atoms with Gasteiger partial charge in [0.05, 0.1) is 23.7 Å². The summed E-state index contributed by atoms with van der Waals surface area (Å²) in [5.41, 5.74) is 1.39. The number of ether oxygens (including phenoxy) is 1. The summed E-state index contributed by atoms with van der Waals surface area (Å²) < 4.78 is 69.4. The van der Waals surface area contributed by atoms with E-state index < -0.39 is 34.2 Å². The van der Waals surface area contributed by atoms with Crippen molar-refractivity contribution in [2.75, 3.05) is 23.7 Å². The normalized spacial score (nSPS) is 14.7. The number of nitrogens with zero attached hydrogens (tertiary/aromatic N) is 2. The molecule has 38 heavy (non-hydrogen) atoms. The quantitative estimate of drug-likeness (QED) is 0.345. The predicted molar refractivity (Wildman–Crippen MR) is 136 cm³/mol. The van der Waals surface area contributed by atoms with Gasteiger partial charge >= 0.3 is 6.18 Å². The molecular weight excluding hydrogens is 525 g/mol. The molecule has 0 saturated heterocycles. The Kier molecular flexibility index (Phi) is 9.72. The highest BCUT2D eigenvalue weighted by molar-refractivity contribution is 7.92. The van der Waals surface area contributed by atoms with Gasteiger partial charge in [-0.05, 0) is 60.9 Å². The lowest BCUT2D eigenvalue weighted by Crippen LogP contribution is -2.39. The monoisotopic (exact) mass is 554 g/mol. The molecule has 0 atom stereocenters. The molecule has 1 saturated carbocycles. The largest absolute Gasteiger partial charge is 0.484 e. The number of rotatable bonds is 10. The number of hydrogen-bond acceptors (Lipinski definition) is 6. The summed E-state index contributed by atoms with van der Waals surface area (Å²) >= 11 is 0. The second kappa shape index (κ2) is 12.8. The van der Waals surface area contributed by atoms with Crippen LogP contribution in [0.5, 0.6) is 5.75 Å². The summed E-state index contributed by atoms with van der Waals surface area (Å²) in [6, 6.07) is 10.4. The van der Waals surface area contributed by atoms with Crippen molar-refractivity contribution in [3.8, 4) is 5.75 Å². The van der Waals surface area contributed by atoms with Crippen LogP contribution in [-0.2, 0) is 25.8 Å². The van der Waals surface area contributed by atoms with E-state index in [0.717, 1.165) is 50.1 Å². The van der Waals surface area contributed by atoms with Crippen molar-refractivity contribution in [3.05, 3.63) is 59.7 Å². The zero-order valence-corrected chi connectivity index (χ0v) is 21.5. The highest BCUT2D eigenvalue weighted by atomic mass is 32.2. The van der Waals surface area contributed by atoms with Gasteiger partial charge in [0.15, 0.2) is 6.61 Å². The molecule has 0 heterocycles. The van der Waals surface area contributed by atoms with Crippen LogP contribution in [0.25, 0.3) is 0 Å². The standard InChI is InChI=1S/C25H29F3N4O5S/c1-38(35,36)32(21-9-5-6-19(14-21)25(26,27)28)16-23(33)31-29-15-18-10-12-22(13-11-18)37-17-24(34)30-20-7-3-2-4-8-20/h5-6,9-15,20H,2-4,7-8,16-17H2,1H3,(H,30,34)(H,31,33)/b29-15-. The molecule has 0 aliphatic heterocycles. The number of sulfonamides is 1. The van der Waals surface area contributed by atoms with Crippen LogP contribution in [-0.4, -0.2) is 51.9 Å². The minimum atomic E-state index is -4.67. The van der Waals surface area contributed by atoms with Gasteiger partial charge in [0.2, 0.25) is 10.0 Å². The van der Waals surface area contributed by atoms with Gasteiger partial charge in [0, 0.05) is 6.04 Å². The number of benzene rings is 2. The topological polar surface area (TPSA) is 117 Å². The molecule has 2 aromatic rings. The SMILES string of the molecule is CS(=O)(=O)N(CC(=O)N/N=C\c1ccc(OCC(=O)NC2CCCCC2)cc1)c1cccc(C(F)(F)F)c1. The highest BCUT2D eigenvalue weighted by Crippen LogP contribution is 2.32. The van der Waals surface area contributed by atoms with E-state index in [1.54, 1.807) is 24.3 Å². The first-order chi connectivity index (χ1) is 17.9. The molecular formula is C25H29F3N4O5S. The van der Waals surface area contributed by atoms with Crippen molar-refractivity contribution < 1.29 is 35.9 Å². The van der Waals surface area contributed by atoms with Crippen molar-refractivity contribution in [1.29, 1.82) is 0 Å². The Labute approximate surface area is 219 Å². The van der Waals surface area contributed by atoms with E-state index in [2.05, 4.69) is 15.8 Å². The fraction of sp³-hybridized carbons (Fsp3) is 0.400. The Balaban J connectivity index is 1.51. The van der Waals surface area contributed by atoms with Gasteiger partial charge in [0.25, 0.3) is 11.8 Å². The third kappa shape index (κ3) is 9.05. The summed E-state index contributed by atoms with van der Waals surface area (Å²) in [5, 5.41) is 6.73. The van der Waals surface area contributed by atoms with Gasteiger partial charge in [-0.15, -0.1) is 0 Å². The molecule has 1 aliphatic rings. The lowest BCUT2D eigenvalue weighted by molar-refractivity contribution is -0.137. The molecule has 0 aromatic heterocycles. The maximum Gasteiger partial charge on any atom is 0.416 e. The zero-order chi connectivity index (χ0) is 27.8. The first-order valence-corrected chi connectivity index (χ1v) is 13.8. The smallest absolute Gasteiger partial charge is 0.416 e. The summed E-state index contributed by atoms with van der Waals surface area (Å²) in [5.74, 6) is -0.568. The molecule has 0 bridgehead atoms. The third-order valence-corrected chi connectivity index (χ3v) is 6.91. The number of carbonyl (C=O) groups is 2. The molecule has 1 fully saturated rings. The Morgan fingerprint density at radius 2 is 1.76 bits per heavy atom. The zero-order valence-electron chi connectivity index (χ0n) is 20.7. The van der Waals surface area contributed by atoms with Crippen LogP contribution in [0.2, 0.25) is 0 Å². The van der Waals surface area contributed by atoms with Crippen LogP contribution in [0.15, 0.2) is 53.6 Å². The first-order valence-electron chi connectivity index (χ1n) is 11.9. The van der Waals surface area contributed by atoms with Crippen LogP contribution in [0, 0.1) is 0 Å². The first kappa shape index (κ1) is 29.0. The molecule has 2 amide bonds.